The molecule has 0 spiro atoms. The number of amides is 2. The van der Waals surface area contributed by atoms with Crippen LogP contribution < -0.4 is 5.32 Å². The quantitative estimate of drug-likeness (QED) is 0.886. The van der Waals surface area contributed by atoms with Crippen LogP contribution >= 0.6 is 11.3 Å². The Morgan fingerprint density at radius 1 is 1.16 bits per heavy atom. The van der Waals surface area contributed by atoms with Gasteiger partial charge in [-0.15, -0.1) is 11.3 Å². The van der Waals surface area contributed by atoms with E-state index in [1.165, 1.54) is 10.4 Å². The Hall–Kier alpha value is -2.14. The molecule has 0 saturated carbocycles. The fraction of sp³-hybridized carbons (Fsp3) is 0.400. The number of hydrogen-bond acceptors (Lipinski definition) is 3. The predicted octanol–water partition coefficient (Wildman–Crippen LogP) is 3.78. The molecular weight excluding hydrogens is 332 g/mol. The van der Waals surface area contributed by atoms with Crippen LogP contribution in [0.1, 0.15) is 55.8 Å². The highest BCUT2D eigenvalue weighted by Gasteiger charge is 2.19. The molecular formula is C20H24N2O2S. The summed E-state index contributed by atoms with van der Waals surface area (Å²) in [5.74, 6) is 0.0688. The molecule has 0 radical (unpaired) electrons. The SMILES string of the molecule is CCc1cc(C(=O)NCc2ccc(C(=O)N3CCCC3)cc2)sc1C. The van der Waals surface area contributed by atoms with E-state index in [0.29, 0.717) is 6.54 Å². The van der Waals surface area contributed by atoms with Crippen LogP contribution in [0, 0.1) is 6.92 Å². The van der Waals surface area contributed by atoms with Crippen LogP contribution in [0.15, 0.2) is 30.3 Å². The Morgan fingerprint density at radius 3 is 2.44 bits per heavy atom. The maximum atomic E-state index is 12.3. The largest absolute Gasteiger partial charge is 0.347 e. The highest BCUT2D eigenvalue weighted by Crippen LogP contribution is 2.22. The van der Waals surface area contributed by atoms with Crippen LogP contribution in [0.3, 0.4) is 0 Å². The second-order valence-corrected chi connectivity index (χ2v) is 7.68. The van der Waals surface area contributed by atoms with Crippen molar-refractivity contribution in [1.82, 2.24) is 10.2 Å². The zero-order valence-corrected chi connectivity index (χ0v) is 15.6. The zero-order chi connectivity index (χ0) is 17.8. The molecule has 2 aromatic rings. The topological polar surface area (TPSA) is 49.4 Å². The van der Waals surface area contributed by atoms with Gasteiger partial charge in [0.15, 0.2) is 0 Å². The maximum Gasteiger partial charge on any atom is 0.261 e. The molecule has 25 heavy (non-hydrogen) atoms. The van der Waals surface area contributed by atoms with Crippen molar-refractivity contribution in [3.63, 3.8) is 0 Å². The van der Waals surface area contributed by atoms with E-state index in [-0.39, 0.29) is 11.8 Å². The van der Waals surface area contributed by atoms with Gasteiger partial charge in [0.25, 0.3) is 11.8 Å². The maximum absolute atomic E-state index is 12.3. The zero-order valence-electron chi connectivity index (χ0n) is 14.8. The minimum Gasteiger partial charge on any atom is -0.347 e. The molecule has 0 unspecified atom stereocenters. The normalized spacial score (nSPS) is 13.9. The second-order valence-electron chi connectivity index (χ2n) is 6.42. The van der Waals surface area contributed by atoms with Crippen molar-refractivity contribution in [3.05, 3.63) is 56.8 Å². The number of nitrogens with one attached hydrogen (secondary N) is 1. The van der Waals surface area contributed by atoms with E-state index in [0.717, 1.165) is 48.4 Å². The lowest BCUT2D eigenvalue weighted by atomic mass is 10.1. The van der Waals surface area contributed by atoms with Crippen molar-refractivity contribution in [2.75, 3.05) is 13.1 Å². The third-order valence-corrected chi connectivity index (χ3v) is 5.76. The van der Waals surface area contributed by atoms with E-state index >= 15 is 0 Å². The first-order valence-electron chi connectivity index (χ1n) is 8.84. The summed E-state index contributed by atoms with van der Waals surface area (Å²) in [7, 11) is 0. The van der Waals surface area contributed by atoms with E-state index in [4.69, 9.17) is 0 Å². The van der Waals surface area contributed by atoms with Gasteiger partial charge < -0.3 is 10.2 Å². The molecule has 3 rings (SSSR count). The van der Waals surface area contributed by atoms with Gasteiger partial charge in [-0.1, -0.05) is 19.1 Å². The number of carbonyl (C=O) groups excluding carboxylic acids is 2. The Balaban J connectivity index is 1.57. The minimum atomic E-state index is -0.0370. The third-order valence-electron chi connectivity index (χ3n) is 4.67. The standard InChI is InChI=1S/C20H24N2O2S/c1-3-16-12-18(25-14(16)2)19(23)21-13-15-6-8-17(9-7-15)20(24)22-10-4-5-11-22/h6-9,12H,3-5,10-11,13H2,1-2H3,(H,21,23). The molecule has 1 fully saturated rings. The molecule has 1 N–H and O–H groups in total. The first kappa shape index (κ1) is 17.7. The summed E-state index contributed by atoms with van der Waals surface area (Å²) in [6.45, 7) is 6.33. The van der Waals surface area contributed by atoms with Gasteiger partial charge in [-0.25, -0.2) is 0 Å². The van der Waals surface area contributed by atoms with Crippen LogP contribution in [-0.4, -0.2) is 29.8 Å². The molecule has 2 amide bonds. The summed E-state index contributed by atoms with van der Waals surface area (Å²) < 4.78 is 0. The minimum absolute atomic E-state index is 0.0370. The van der Waals surface area contributed by atoms with Crippen molar-refractivity contribution >= 4 is 23.2 Å². The highest BCUT2D eigenvalue weighted by molar-refractivity contribution is 7.14. The summed E-state index contributed by atoms with van der Waals surface area (Å²) in [5, 5.41) is 2.96. The van der Waals surface area contributed by atoms with Crippen LogP contribution in [0.5, 0.6) is 0 Å². The van der Waals surface area contributed by atoms with Gasteiger partial charge >= 0.3 is 0 Å². The van der Waals surface area contributed by atoms with Crippen LogP contribution in [-0.2, 0) is 13.0 Å². The lowest BCUT2D eigenvalue weighted by Crippen LogP contribution is -2.27. The molecule has 5 heteroatoms. The number of aryl methyl sites for hydroxylation is 2. The molecule has 132 valence electrons. The average Bonchev–Trinajstić information content (AvgIpc) is 3.29. The Bertz CT molecular complexity index is 759. The first-order valence-corrected chi connectivity index (χ1v) is 9.66. The summed E-state index contributed by atoms with van der Waals surface area (Å²) in [4.78, 5) is 28.5. The van der Waals surface area contributed by atoms with Crippen LogP contribution in [0.2, 0.25) is 0 Å². The number of hydrogen-bond donors (Lipinski definition) is 1. The van der Waals surface area contributed by atoms with Gasteiger partial charge in [0, 0.05) is 30.1 Å². The molecule has 1 aliphatic heterocycles. The van der Waals surface area contributed by atoms with E-state index in [2.05, 4.69) is 19.2 Å². The van der Waals surface area contributed by atoms with Crippen molar-refractivity contribution in [1.29, 1.82) is 0 Å². The fourth-order valence-corrected chi connectivity index (χ4v) is 4.15. The number of nitrogens with zero attached hydrogens (tertiary/aromatic N) is 1. The second kappa shape index (κ2) is 7.83. The molecule has 4 nitrogen and oxygen atoms in total. The van der Waals surface area contributed by atoms with Gasteiger partial charge in [0.1, 0.15) is 0 Å². The molecule has 1 aromatic carbocycles. The van der Waals surface area contributed by atoms with Crippen LogP contribution in [0.4, 0.5) is 0 Å². The molecule has 1 aromatic heterocycles. The lowest BCUT2D eigenvalue weighted by molar-refractivity contribution is 0.0792. The number of rotatable bonds is 5. The van der Waals surface area contributed by atoms with Crippen LogP contribution in [0.25, 0.3) is 0 Å². The summed E-state index contributed by atoms with van der Waals surface area (Å²) in [6, 6.07) is 9.52. The van der Waals surface area contributed by atoms with Gasteiger partial charge in [0.2, 0.25) is 0 Å². The Labute approximate surface area is 152 Å². The van der Waals surface area contributed by atoms with E-state index in [9.17, 15) is 9.59 Å². The van der Waals surface area contributed by atoms with Gasteiger partial charge in [-0.2, -0.15) is 0 Å². The predicted molar refractivity (Wildman–Crippen MR) is 101 cm³/mol. The number of thiophene rings is 1. The molecule has 0 atom stereocenters. The monoisotopic (exact) mass is 356 g/mol. The third kappa shape index (κ3) is 4.10. The van der Waals surface area contributed by atoms with E-state index < -0.39 is 0 Å². The van der Waals surface area contributed by atoms with Gasteiger partial charge in [-0.05, 0) is 55.5 Å². The lowest BCUT2D eigenvalue weighted by Gasteiger charge is -2.15. The molecule has 0 bridgehead atoms. The number of carbonyl (C=O) groups is 2. The van der Waals surface area contributed by atoms with Gasteiger partial charge in [-0.3, -0.25) is 9.59 Å². The van der Waals surface area contributed by atoms with Crippen molar-refractivity contribution < 1.29 is 9.59 Å². The Kier molecular flexibility index (Phi) is 5.53. The van der Waals surface area contributed by atoms with Crippen molar-refractivity contribution in [2.24, 2.45) is 0 Å². The summed E-state index contributed by atoms with van der Waals surface area (Å²) >= 11 is 1.54. The summed E-state index contributed by atoms with van der Waals surface area (Å²) in [6.07, 6.45) is 3.14. The smallest absolute Gasteiger partial charge is 0.261 e. The molecule has 1 aliphatic rings. The first-order chi connectivity index (χ1) is 12.1. The highest BCUT2D eigenvalue weighted by atomic mass is 32.1. The Morgan fingerprint density at radius 2 is 1.84 bits per heavy atom. The molecule has 2 heterocycles. The van der Waals surface area contributed by atoms with Crippen molar-refractivity contribution in [3.8, 4) is 0 Å². The molecule has 0 aliphatic carbocycles. The summed E-state index contributed by atoms with van der Waals surface area (Å²) in [5.41, 5.74) is 2.95. The fourth-order valence-electron chi connectivity index (χ4n) is 3.12. The van der Waals surface area contributed by atoms with Gasteiger partial charge in [0.05, 0.1) is 4.88 Å². The number of benzene rings is 1. The average molecular weight is 356 g/mol. The number of likely N-dealkylation sites (tertiary alicyclic amines) is 1. The van der Waals surface area contributed by atoms with E-state index in [1.807, 2.05) is 35.2 Å². The van der Waals surface area contributed by atoms with Crippen molar-refractivity contribution in [2.45, 2.75) is 39.7 Å². The molecule has 1 saturated heterocycles. The van der Waals surface area contributed by atoms with E-state index in [1.54, 1.807) is 11.3 Å².